The van der Waals surface area contributed by atoms with Crippen molar-refractivity contribution in [3.63, 3.8) is 0 Å². The first-order valence-electron chi connectivity index (χ1n) is 8.15. The number of amidine groups is 1. The number of nitrogens with one attached hydrogen (secondary N) is 1. The molecule has 0 unspecified atom stereocenters. The van der Waals surface area contributed by atoms with Gasteiger partial charge in [-0.2, -0.15) is 0 Å². The van der Waals surface area contributed by atoms with E-state index in [1.54, 1.807) is 12.1 Å². The lowest BCUT2D eigenvalue weighted by Crippen LogP contribution is -2.31. The molecule has 3 rings (SSSR count). The number of aromatic nitrogens is 1. The lowest BCUT2D eigenvalue weighted by molar-refractivity contribution is 0.102. The minimum Gasteiger partial charge on any atom is -0.379 e. The van der Waals surface area contributed by atoms with Crippen LogP contribution < -0.4 is 11.1 Å². The monoisotopic (exact) mass is 392 g/mol. The van der Waals surface area contributed by atoms with Crippen LogP contribution >= 0.6 is 23.4 Å². The second-order valence-corrected chi connectivity index (χ2v) is 7.77. The summed E-state index contributed by atoms with van der Waals surface area (Å²) in [7, 11) is 0. The largest absolute Gasteiger partial charge is 0.379 e. The van der Waals surface area contributed by atoms with Gasteiger partial charge in [-0.3, -0.25) is 14.8 Å². The molecule has 0 aliphatic carbocycles. The first-order chi connectivity index (χ1) is 12.4. The Morgan fingerprint density at radius 1 is 1.42 bits per heavy atom. The number of rotatable bonds is 4. The molecule has 1 aliphatic rings. The number of nitrogens with zero attached hydrogens (tertiary/aromatic N) is 2. The van der Waals surface area contributed by atoms with Crippen LogP contribution in [0.3, 0.4) is 0 Å². The van der Waals surface area contributed by atoms with Crippen LogP contribution in [0.2, 0.25) is 5.02 Å². The number of carbonyl (C=O) groups excluding carboxylic acids is 1. The van der Waals surface area contributed by atoms with Gasteiger partial charge in [0.05, 0.1) is 4.75 Å². The number of pyridine rings is 1. The maximum atomic E-state index is 14.6. The van der Waals surface area contributed by atoms with E-state index in [1.807, 2.05) is 6.92 Å². The molecule has 0 fully saturated rings. The first-order valence-corrected chi connectivity index (χ1v) is 9.35. The predicted molar refractivity (Wildman–Crippen MR) is 104 cm³/mol. The van der Waals surface area contributed by atoms with E-state index < -0.39 is 10.7 Å². The molecule has 0 saturated carbocycles. The van der Waals surface area contributed by atoms with Crippen molar-refractivity contribution in [1.29, 1.82) is 0 Å². The van der Waals surface area contributed by atoms with Gasteiger partial charge in [0.1, 0.15) is 11.5 Å². The predicted octanol–water partition coefficient (Wildman–Crippen LogP) is 4.18. The highest BCUT2D eigenvalue weighted by atomic mass is 35.5. The third-order valence-corrected chi connectivity index (χ3v) is 6.00. The van der Waals surface area contributed by atoms with Crippen molar-refractivity contribution in [2.75, 3.05) is 11.9 Å². The molecule has 1 amide bonds. The number of carbonyl (C=O) groups is 1. The molecule has 0 saturated heterocycles. The van der Waals surface area contributed by atoms with Crippen molar-refractivity contribution in [2.45, 2.75) is 24.5 Å². The zero-order valence-corrected chi connectivity index (χ0v) is 15.7. The number of halogens is 2. The zero-order valence-electron chi connectivity index (χ0n) is 14.1. The van der Waals surface area contributed by atoms with E-state index in [4.69, 9.17) is 17.3 Å². The number of anilines is 1. The maximum Gasteiger partial charge on any atom is 0.274 e. The summed E-state index contributed by atoms with van der Waals surface area (Å²) < 4.78 is 14.1. The highest BCUT2D eigenvalue weighted by Gasteiger charge is 2.37. The van der Waals surface area contributed by atoms with Crippen LogP contribution in [-0.4, -0.2) is 22.6 Å². The molecule has 1 aromatic heterocycles. The molecule has 5 nitrogen and oxygen atoms in total. The van der Waals surface area contributed by atoms with Crippen LogP contribution in [0, 0.1) is 5.82 Å². The number of hydrogen-bond donors (Lipinski definition) is 2. The molecule has 26 heavy (non-hydrogen) atoms. The van der Waals surface area contributed by atoms with Crippen LogP contribution in [-0.2, 0) is 4.75 Å². The maximum absolute atomic E-state index is 14.6. The summed E-state index contributed by atoms with van der Waals surface area (Å²) in [5, 5.41) is 3.62. The van der Waals surface area contributed by atoms with Gasteiger partial charge in [0.15, 0.2) is 5.17 Å². The van der Waals surface area contributed by atoms with E-state index in [9.17, 15) is 9.18 Å². The van der Waals surface area contributed by atoms with Crippen molar-refractivity contribution in [2.24, 2.45) is 10.7 Å². The van der Waals surface area contributed by atoms with E-state index in [2.05, 4.69) is 15.3 Å². The van der Waals surface area contributed by atoms with Gasteiger partial charge in [-0.15, -0.1) is 0 Å². The van der Waals surface area contributed by atoms with Crippen molar-refractivity contribution in [1.82, 2.24) is 4.98 Å². The lowest BCUT2D eigenvalue weighted by atomic mass is 9.91. The number of amides is 1. The van der Waals surface area contributed by atoms with Gasteiger partial charge >= 0.3 is 0 Å². The minimum absolute atomic E-state index is 0.192. The third-order valence-electron chi connectivity index (χ3n) is 4.32. The van der Waals surface area contributed by atoms with Crippen LogP contribution in [0.5, 0.6) is 0 Å². The highest BCUT2D eigenvalue weighted by Crippen LogP contribution is 2.46. The van der Waals surface area contributed by atoms with Crippen LogP contribution in [0.1, 0.15) is 35.8 Å². The Hall–Kier alpha value is -2.12. The quantitative estimate of drug-likeness (QED) is 0.817. The number of hydrogen-bond acceptors (Lipinski definition) is 5. The van der Waals surface area contributed by atoms with E-state index >= 15 is 0 Å². The Morgan fingerprint density at radius 3 is 2.92 bits per heavy atom. The van der Waals surface area contributed by atoms with Gasteiger partial charge in [0.2, 0.25) is 0 Å². The third kappa shape index (κ3) is 3.83. The second-order valence-electron chi connectivity index (χ2n) is 5.93. The molecule has 1 aromatic carbocycles. The Morgan fingerprint density at radius 2 is 2.23 bits per heavy atom. The molecular formula is C18H18ClFN4OS. The van der Waals surface area contributed by atoms with E-state index in [-0.39, 0.29) is 11.5 Å². The second kappa shape index (κ2) is 7.63. The molecule has 1 aliphatic heterocycles. The van der Waals surface area contributed by atoms with Gasteiger partial charge in [-0.25, -0.2) is 4.39 Å². The molecule has 3 N–H and O–H groups in total. The summed E-state index contributed by atoms with van der Waals surface area (Å²) in [5.74, 6) is -0.735. The fraction of sp³-hybridized carbons (Fsp3) is 0.278. The SMILES string of the molecule is CC[C@@]1(c2cc(NC(=O)c3cc(Cl)ccn3)ccc2F)CCN=C(N)S1. The average Bonchev–Trinajstić information content (AvgIpc) is 2.63. The summed E-state index contributed by atoms with van der Waals surface area (Å²) in [6, 6.07) is 7.60. The standard InChI is InChI=1S/C18H18ClFN4OS/c1-2-18(6-8-23-17(21)26-18)13-10-12(3-4-14(13)20)24-16(25)15-9-11(19)5-7-22-15/h3-5,7,9-10H,2,6,8H2,1H3,(H2,21,23)(H,24,25)/t18-/m0/s1. The normalized spacial score (nSPS) is 19.7. The number of aliphatic imine (C=N–C) groups is 1. The minimum atomic E-state index is -0.495. The Kier molecular flexibility index (Phi) is 5.48. The summed E-state index contributed by atoms with van der Waals surface area (Å²) in [5.41, 5.74) is 7.08. The van der Waals surface area contributed by atoms with E-state index in [1.165, 1.54) is 36.2 Å². The molecular weight excluding hydrogens is 375 g/mol. The van der Waals surface area contributed by atoms with Crippen LogP contribution in [0.4, 0.5) is 10.1 Å². The van der Waals surface area contributed by atoms with E-state index in [0.29, 0.717) is 40.8 Å². The number of thioether (sulfide) groups is 1. The topological polar surface area (TPSA) is 80.4 Å². The number of benzene rings is 1. The molecule has 1 atom stereocenters. The zero-order chi connectivity index (χ0) is 18.7. The highest BCUT2D eigenvalue weighted by molar-refractivity contribution is 8.14. The van der Waals surface area contributed by atoms with Crippen molar-refractivity contribution < 1.29 is 9.18 Å². The summed E-state index contributed by atoms with van der Waals surface area (Å²) in [6.45, 7) is 2.54. The summed E-state index contributed by atoms with van der Waals surface area (Å²) in [6.07, 6.45) is 2.83. The number of nitrogens with two attached hydrogens (primary N) is 1. The van der Waals surface area contributed by atoms with Gasteiger partial charge < -0.3 is 11.1 Å². The molecule has 0 spiro atoms. The van der Waals surface area contributed by atoms with Crippen LogP contribution in [0.15, 0.2) is 41.5 Å². The van der Waals surface area contributed by atoms with Gasteiger partial charge in [-0.05, 0) is 43.2 Å². The van der Waals surface area contributed by atoms with Crippen molar-refractivity contribution in [3.8, 4) is 0 Å². The Labute approximate surface area is 160 Å². The molecule has 136 valence electrons. The van der Waals surface area contributed by atoms with Crippen molar-refractivity contribution >= 4 is 40.1 Å². The van der Waals surface area contributed by atoms with E-state index in [0.717, 1.165) is 0 Å². The summed E-state index contributed by atoms with van der Waals surface area (Å²) >= 11 is 7.27. The molecule has 8 heteroatoms. The molecule has 2 heterocycles. The van der Waals surface area contributed by atoms with Gasteiger partial charge in [0, 0.05) is 29.0 Å². The molecule has 0 radical (unpaired) electrons. The lowest BCUT2D eigenvalue weighted by Gasteiger charge is -2.35. The van der Waals surface area contributed by atoms with Gasteiger partial charge in [0.25, 0.3) is 5.91 Å². The van der Waals surface area contributed by atoms with Gasteiger partial charge in [-0.1, -0.05) is 30.3 Å². The molecule has 0 bridgehead atoms. The smallest absolute Gasteiger partial charge is 0.274 e. The Balaban J connectivity index is 1.90. The van der Waals surface area contributed by atoms with Crippen LogP contribution in [0.25, 0.3) is 0 Å². The molecule has 2 aromatic rings. The Bertz CT molecular complexity index is 876. The fourth-order valence-corrected chi connectivity index (χ4v) is 4.26. The average molecular weight is 393 g/mol. The summed E-state index contributed by atoms with van der Waals surface area (Å²) in [4.78, 5) is 20.6. The van der Waals surface area contributed by atoms with Crippen molar-refractivity contribution in [3.05, 3.63) is 58.6 Å². The fourth-order valence-electron chi connectivity index (χ4n) is 2.94. The first kappa shape index (κ1) is 18.7.